The van der Waals surface area contributed by atoms with Crippen LogP contribution < -0.4 is 15.9 Å². The molecule has 7 heteroatoms. The number of anilines is 1. The first-order chi connectivity index (χ1) is 9.70. The minimum Gasteiger partial charge on any atom is -0.493 e. The number of hydrazone groups is 1. The summed E-state index contributed by atoms with van der Waals surface area (Å²) < 4.78 is 5.48. The van der Waals surface area contributed by atoms with E-state index in [-0.39, 0.29) is 0 Å². The summed E-state index contributed by atoms with van der Waals surface area (Å²) in [5.41, 5.74) is 3.55. The topological polar surface area (TPSA) is 92.3 Å². The summed E-state index contributed by atoms with van der Waals surface area (Å²) in [7, 11) is 0. The monoisotopic (exact) mass is 273 g/mol. The Balaban J connectivity index is 2.14. The summed E-state index contributed by atoms with van der Waals surface area (Å²) in [5, 5.41) is 10.1. The highest BCUT2D eigenvalue weighted by atomic mass is 16.5. The highest BCUT2D eigenvalue weighted by Crippen LogP contribution is 2.15. The van der Waals surface area contributed by atoms with Crippen molar-refractivity contribution in [2.24, 2.45) is 5.10 Å². The highest BCUT2D eigenvalue weighted by molar-refractivity contribution is 5.83. The predicted molar refractivity (Wildman–Crippen MR) is 76.2 cm³/mol. The molecule has 0 amide bonds. The minimum absolute atomic E-state index is 0.318. The van der Waals surface area contributed by atoms with Crippen LogP contribution in [0.25, 0.3) is 0 Å². The lowest BCUT2D eigenvalue weighted by Crippen LogP contribution is -2.15. The molecule has 0 bridgehead atoms. The molecule has 0 atom stereocenters. The van der Waals surface area contributed by atoms with E-state index < -0.39 is 5.69 Å². The van der Waals surface area contributed by atoms with E-state index in [4.69, 9.17) is 4.74 Å². The normalized spacial score (nSPS) is 10.7. The Bertz CT molecular complexity index is 666. The van der Waals surface area contributed by atoms with Crippen molar-refractivity contribution in [3.05, 3.63) is 46.0 Å². The van der Waals surface area contributed by atoms with Crippen LogP contribution in [0.4, 0.5) is 5.82 Å². The number of nitrogens with zero attached hydrogens (tertiary/aromatic N) is 3. The lowest BCUT2D eigenvalue weighted by atomic mass is 10.2. The number of benzene rings is 1. The van der Waals surface area contributed by atoms with Gasteiger partial charge in [-0.05, 0) is 26.0 Å². The first-order valence-electron chi connectivity index (χ1n) is 6.15. The first kappa shape index (κ1) is 13.7. The van der Waals surface area contributed by atoms with E-state index in [1.807, 2.05) is 31.2 Å². The summed E-state index contributed by atoms with van der Waals surface area (Å²) in [6, 6.07) is 7.53. The van der Waals surface area contributed by atoms with Crippen molar-refractivity contribution < 1.29 is 4.74 Å². The third-order valence-corrected chi connectivity index (χ3v) is 2.47. The van der Waals surface area contributed by atoms with Gasteiger partial charge in [0.15, 0.2) is 5.82 Å². The average Bonchev–Trinajstić information content (AvgIpc) is 2.45. The fourth-order valence-electron chi connectivity index (χ4n) is 1.54. The molecule has 0 saturated heterocycles. The van der Waals surface area contributed by atoms with E-state index in [9.17, 15) is 4.79 Å². The van der Waals surface area contributed by atoms with Crippen LogP contribution in [-0.4, -0.2) is 28.0 Å². The molecule has 0 fully saturated rings. The molecule has 7 nitrogen and oxygen atoms in total. The number of hydrogen-bond acceptors (Lipinski definition) is 6. The quantitative estimate of drug-likeness (QED) is 0.633. The van der Waals surface area contributed by atoms with Gasteiger partial charge in [0, 0.05) is 5.56 Å². The maximum atomic E-state index is 11.1. The van der Waals surface area contributed by atoms with Crippen LogP contribution in [0.1, 0.15) is 18.2 Å². The summed E-state index contributed by atoms with van der Waals surface area (Å²) in [6.45, 7) is 4.22. The predicted octanol–water partition coefficient (Wildman–Crippen LogP) is 1.32. The van der Waals surface area contributed by atoms with Gasteiger partial charge in [0.25, 0.3) is 0 Å². The zero-order valence-corrected chi connectivity index (χ0v) is 11.3. The maximum absolute atomic E-state index is 11.1. The van der Waals surface area contributed by atoms with Crippen LogP contribution in [0.3, 0.4) is 0 Å². The average molecular weight is 273 g/mol. The molecule has 0 spiro atoms. The van der Waals surface area contributed by atoms with Crippen molar-refractivity contribution >= 4 is 12.0 Å². The second kappa shape index (κ2) is 6.46. The Morgan fingerprint density at radius 2 is 2.25 bits per heavy atom. The standard InChI is InChI=1S/C13H15N5O2/c1-3-20-11-7-5-4-6-10(11)8-14-17-12-9(2)16-18-13(19)15-12/h4-8H,3H2,1-2H3,(H2,15,17,18,19)/b14-8-. The van der Waals surface area contributed by atoms with Gasteiger partial charge in [-0.15, -0.1) is 0 Å². The van der Waals surface area contributed by atoms with Gasteiger partial charge in [-0.25, -0.2) is 9.89 Å². The van der Waals surface area contributed by atoms with Gasteiger partial charge < -0.3 is 4.74 Å². The number of ether oxygens (including phenoxy) is 1. The molecule has 2 aromatic rings. The third kappa shape index (κ3) is 3.41. The van der Waals surface area contributed by atoms with Crippen LogP contribution >= 0.6 is 0 Å². The minimum atomic E-state index is -0.525. The van der Waals surface area contributed by atoms with E-state index >= 15 is 0 Å². The molecule has 0 unspecified atom stereocenters. The molecule has 104 valence electrons. The highest BCUT2D eigenvalue weighted by Gasteiger charge is 2.01. The number of aromatic amines is 1. The number of aromatic nitrogens is 3. The second-order valence-corrected chi connectivity index (χ2v) is 3.92. The van der Waals surface area contributed by atoms with Gasteiger partial charge in [-0.3, -0.25) is 5.43 Å². The zero-order valence-electron chi connectivity index (χ0n) is 11.3. The molecule has 1 heterocycles. The molecule has 20 heavy (non-hydrogen) atoms. The van der Waals surface area contributed by atoms with Gasteiger partial charge >= 0.3 is 5.69 Å². The van der Waals surface area contributed by atoms with E-state index in [2.05, 4.69) is 25.7 Å². The van der Waals surface area contributed by atoms with Gasteiger partial charge in [-0.1, -0.05) is 12.1 Å². The zero-order chi connectivity index (χ0) is 14.4. The molecular weight excluding hydrogens is 258 g/mol. The maximum Gasteiger partial charge on any atom is 0.363 e. The van der Waals surface area contributed by atoms with Gasteiger partial charge in [0.2, 0.25) is 0 Å². The van der Waals surface area contributed by atoms with Crippen molar-refractivity contribution in [2.45, 2.75) is 13.8 Å². The van der Waals surface area contributed by atoms with Gasteiger partial charge in [-0.2, -0.15) is 15.2 Å². The number of H-pyrrole nitrogens is 1. The van der Waals surface area contributed by atoms with Crippen LogP contribution in [0.15, 0.2) is 34.2 Å². The van der Waals surface area contributed by atoms with E-state index in [0.29, 0.717) is 18.1 Å². The molecule has 2 rings (SSSR count). The molecular formula is C13H15N5O2. The van der Waals surface area contributed by atoms with E-state index in [1.165, 1.54) is 0 Å². The summed E-state index contributed by atoms with van der Waals surface area (Å²) in [5.74, 6) is 1.06. The molecule has 0 aliphatic carbocycles. The Morgan fingerprint density at radius 1 is 1.45 bits per heavy atom. The Hall–Kier alpha value is -2.70. The van der Waals surface area contributed by atoms with Crippen LogP contribution in [0.5, 0.6) is 5.75 Å². The largest absolute Gasteiger partial charge is 0.493 e. The Kier molecular flexibility index (Phi) is 4.43. The van der Waals surface area contributed by atoms with Gasteiger partial charge in [0.05, 0.1) is 12.8 Å². The number of hydrogen-bond donors (Lipinski definition) is 2. The molecule has 1 aromatic heterocycles. The lowest BCUT2D eigenvalue weighted by molar-refractivity contribution is 0.340. The second-order valence-electron chi connectivity index (χ2n) is 3.92. The van der Waals surface area contributed by atoms with Crippen LogP contribution in [-0.2, 0) is 0 Å². The number of aryl methyl sites for hydroxylation is 1. The summed E-state index contributed by atoms with van der Waals surface area (Å²) in [6.07, 6.45) is 1.60. The Labute approximate surface area is 115 Å². The fraction of sp³-hybridized carbons (Fsp3) is 0.231. The third-order valence-electron chi connectivity index (χ3n) is 2.47. The molecule has 2 N–H and O–H groups in total. The van der Waals surface area contributed by atoms with Crippen molar-refractivity contribution in [3.8, 4) is 5.75 Å². The molecule has 0 saturated carbocycles. The van der Waals surface area contributed by atoms with Crippen molar-refractivity contribution in [1.82, 2.24) is 15.2 Å². The van der Waals surface area contributed by atoms with Crippen LogP contribution in [0, 0.1) is 6.92 Å². The smallest absolute Gasteiger partial charge is 0.363 e. The first-order valence-corrected chi connectivity index (χ1v) is 6.15. The molecule has 1 aromatic carbocycles. The lowest BCUT2D eigenvalue weighted by Gasteiger charge is -2.06. The summed E-state index contributed by atoms with van der Waals surface area (Å²) in [4.78, 5) is 14.8. The van der Waals surface area contributed by atoms with Crippen molar-refractivity contribution in [1.29, 1.82) is 0 Å². The Morgan fingerprint density at radius 3 is 3.05 bits per heavy atom. The van der Waals surface area contributed by atoms with E-state index in [1.54, 1.807) is 13.1 Å². The molecule has 0 aliphatic rings. The molecule has 0 radical (unpaired) electrons. The number of rotatable bonds is 5. The van der Waals surface area contributed by atoms with Crippen LogP contribution in [0.2, 0.25) is 0 Å². The summed E-state index contributed by atoms with van der Waals surface area (Å²) >= 11 is 0. The molecule has 0 aliphatic heterocycles. The van der Waals surface area contributed by atoms with Gasteiger partial charge in [0.1, 0.15) is 11.4 Å². The van der Waals surface area contributed by atoms with Crippen molar-refractivity contribution in [2.75, 3.05) is 12.0 Å². The SMILES string of the molecule is CCOc1ccccc1/C=N\Nc1nc(=O)[nH]nc1C. The van der Waals surface area contributed by atoms with E-state index in [0.717, 1.165) is 11.3 Å². The fourth-order valence-corrected chi connectivity index (χ4v) is 1.54. The number of para-hydroxylation sites is 1. The number of nitrogens with one attached hydrogen (secondary N) is 2. The van der Waals surface area contributed by atoms with Crippen molar-refractivity contribution in [3.63, 3.8) is 0 Å².